The van der Waals surface area contributed by atoms with Crippen LogP contribution in [0.5, 0.6) is 11.5 Å². The van der Waals surface area contributed by atoms with Crippen molar-refractivity contribution in [3.63, 3.8) is 0 Å². The van der Waals surface area contributed by atoms with Gasteiger partial charge in [-0.2, -0.15) is 5.48 Å². The van der Waals surface area contributed by atoms with Crippen molar-refractivity contribution in [2.24, 2.45) is 34.8 Å². The van der Waals surface area contributed by atoms with Crippen LogP contribution in [0.3, 0.4) is 0 Å². The molecule has 7 aliphatic rings. The second-order valence-electron chi connectivity index (χ2n) is 40.0. The standard InChI is InChI=1S/C105H139IN8O28S3/c1-56-45-82(134-55-67(56)46-57(2)115)140-94-89(124)87(113-142-83-51-77(119)95(63(8)136-83)144-98(128)84-59(4)86(106)92(60(5)91(84)132-14)141-99-90(125)93(133-15)88(123)62(7)138-99)61(6)137-100(94)139-79-31-19-16-17-23-39-105(131)52-78(120)71(47-58(3)116)85(79)72(105)38-44-143-145-104(12,13)40-37-69(117)28-26-42-109-102(130)135-54-64-33-35-68(36-34-64)111-96(126)65(27-25-41-108-101(107)129)49-76(118)75(48-66-53-110-74-30-22-21-29-70(66)74)112-80(121)32-20-18-24-43-114-81(122)50-73(97(114)127)103(9,10)11/h16-17,21-22,29-30,33-36,38,53,56,61-63,65,67,73,75,77,79,82-83,87-90,93-95,99-100,110,113,119,123-125,131H,18,20,24-28,32,37,40-52,54-55H2,1-15H3,(H,109,130)(H,111,126)(H,112,121)(H3,107,108,129)/b17-16-,72-38-/t56?,61?,62?,63?,65-,67?,73?,75+,77?,79+,82?,83?,87?,88?,89?,90?,93?,94?,95?,99?,100?,105+/m1/s1. The number of likely N-dealkylation sites (tertiary alicyclic amines) is 1. The smallest absolute Gasteiger partial charge is 0.407 e. The number of hydroxylamine groups is 1. The average Bonchev–Trinajstić information content (AvgIpc) is 1.56. The number of H-pyrrole nitrogens is 1. The Bertz CT molecular complexity index is 5540. The third-order valence-corrected chi connectivity index (χ3v) is 33.1. The Morgan fingerprint density at radius 3 is 2.20 bits per heavy atom. The van der Waals surface area contributed by atoms with E-state index < -0.39 is 161 Å². The number of hydrogen-bond acceptors (Lipinski definition) is 32. The van der Waals surface area contributed by atoms with E-state index in [1.807, 2.05) is 88.4 Å². The third-order valence-electron chi connectivity index (χ3n) is 27.2. The van der Waals surface area contributed by atoms with E-state index in [1.165, 1.54) is 66.7 Å². The molecule has 4 aromatic rings. The Balaban J connectivity index is 0.671. The largest absolute Gasteiger partial charge is 0.496 e. The highest BCUT2D eigenvalue weighted by Gasteiger charge is 2.53. The topological polar surface area (TPSA) is 513 Å². The summed E-state index contributed by atoms with van der Waals surface area (Å²) < 4.78 is 61.9. The zero-order valence-electron chi connectivity index (χ0n) is 84.8. The summed E-state index contributed by atoms with van der Waals surface area (Å²) in [5.74, 6) is 8.17. The number of thioether (sulfide) groups is 1. The number of rotatable bonds is 48. The zero-order chi connectivity index (χ0) is 106. The van der Waals surface area contributed by atoms with Gasteiger partial charge in [-0.15, -0.1) is 0 Å². The number of aromatic amines is 1. The van der Waals surface area contributed by atoms with Crippen LogP contribution in [0.2, 0.25) is 0 Å². The van der Waals surface area contributed by atoms with E-state index in [2.05, 4.69) is 55.4 Å². The number of Topliss-reactive ketones (excluding diaryl/α,β-unsaturated/α-hetero) is 5. The average molecular weight is 2180 g/mol. The van der Waals surface area contributed by atoms with Crippen molar-refractivity contribution in [3.8, 4) is 35.2 Å². The number of aliphatic hydroxyl groups excluding tert-OH is 4. The van der Waals surface area contributed by atoms with Crippen LogP contribution in [0.25, 0.3) is 10.9 Å². The highest BCUT2D eigenvalue weighted by atomic mass is 127. The summed E-state index contributed by atoms with van der Waals surface area (Å²) >= 11 is 2.89. The number of methoxy groups -OCH3 is 2. The number of anilines is 1. The molecule has 0 saturated carbocycles. The SMILES string of the molecule is COc1c(C)c(OC2OC(C)C(O)C(OC)C2O)c(I)c(C)c1C(=O)SC1C(O)CC(ONC2C(C)OC(O[C@H]3C#C/C=C\C#C[C@]4(O)CC(=O)C(CC(C)=O)=C3/C4=C/CSSC(C)(C)CCC(=O)CCCNC(=O)OCc3ccc(NC(=O)[C@H](CCCNC(N)=O)CC(=O)[C@H](Cc4c[nH]c5ccccc45)NC(=O)CCCCCN4C(=O)CC(C(C)(C)C)C4=O)cc3)C(OC3CC(C)C(CC(C)=O)CO3)C2O)OC1C. The molecule has 0 spiro atoms. The molecule has 11 rings (SSSR count). The van der Waals surface area contributed by atoms with Crippen LogP contribution in [0, 0.1) is 70.2 Å². The molecule has 145 heavy (non-hydrogen) atoms. The van der Waals surface area contributed by atoms with Crippen molar-refractivity contribution in [2.75, 3.05) is 51.5 Å². The van der Waals surface area contributed by atoms with Crippen molar-refractivity contribution < 1.29 is 135 Å². The number of allylic oxidation sites excluding steroid dienone is 3. The van der Waals surface area contributed by atoms with Gasteiger partial charge in [0, 0.05) is 152 Å². The molecule has 6 heterocycles. The van der Waals surface area contributed by atoms with Crippen molar-refractivity contribution in [1.82, 2.24) is 31.3 Å². The maximum absolute atomic E-state index is 14.6. The van der Waals surface area contributed by atoms with Crippen LogP contribution >= 0.6 is 55.9 Å². The number of nitrogens with one attached hydrogen (secondary N) is 6. The number of alkyl carbamates (subject to hydrolysis) is 1. The van der Waals surface area contributed by atoms with Gasteiger partial charge >= 0.3 is 12.1 Å². The highest BCUT2D eigenvalue weighted by molar-refractivity contribution is 14.1. The molecule has 2 aliphatic carbocycles. The quantitative estimate of drug-likeness (QED) is 0.00488. The molecule has 22 atom stereocenters. The summed E-state index contributed by atoms with van der Waals surface area (Å²) in [6.45, 7) is 23.4. The minimum Gasteiger partial charge on any atom is -0.496 e. The number of ketones is 5. The van der Waals surface area contributed by atoms with Gasteiger partial charge in [0.25, 0.3) is 0 Å². The summed E-state index contributed by atoms with van der Waals surface area (Å²) in [6.07, 6.45) is -8.58. The van der Waals surface area contributed by atoms with Gasteiger partial charge in [-0.25, -0.2) is 9.59 Å². The summed E-state index contributed by atoms with van der Waals surface area (Å²) in [6, 6.07) is 11.2. The van der Waals surface area contributed by atoms with Crippen LogP contribution in [0.15, 0.2) is 89.7 Å². The van der Waals surface area contributed by atoms with Crippen LogP contribution in [0.1, 0.15) is 218 Å². The molecule has 792 valence electrons. The lowest BCUT2D eigenvalue weighted by atomic mass is 9.72. The summed E-state index contributed by atoms with van der Waals surface area (Å²) in [7, 11) is 5.64. The normalized spacial score (nSPS) is 27.4. The number of imide groups is 1. The van der Waals surface area contributed by atoms with E-state index in [4.69, 9.17) is 57.9 Å². The first-order valence-electron chi connectivity index (χ1n) is 49.3. The first-order valence-corrected chi connectivity index (χ1v) is 53.6. The van der Waals surface area contributed by atoms with Crippen molar-refractivity contribution >= 4 is 142 Å². The fourth-order valence-corrected chi connectivity index (χ4v) is 23.2. The lowest BCUT2D eigenvalue weighted by molar-refractivity contribution is -0.335. The van der Waals surface area contributed by atoms with Crippen molar-refractivity contribution in [2.45, 2.75) is 326 Å². The number of hydrogen-bond donors (Lipinski definition) is 12. The van der Waals surface area contributed by atoms with Gasteiger partial charge in [0.05, 0.1) is 76.9 Å². The number of primary amides is 1. The number of aromatic nitrogens is 1. The van der Waals surface area contributed by atoms with E-state index in [0.717, 1.165) is 28.2 Å². The van der Waals surface area contributed by atoms with E-state index in [0.29, 0.717) is 58.1 Å². The Kier molecular flexibility index (Phi) is 42.8. The number of amides is 7. The molecule has 13 N–H and O–H groups in total. The predicted octanol–water partition coefficient (Wildman–Crippen LogP) is 11.1. The molecule has 18 unspecified atom stereocenters. The molecule has 0 radical (unpaired) electrons. The maximum atomic E-state index is 14.6. The van der Waals surface area contributed by atoms with Crippen LogP contribution in [-0.4, -0.2) is 265 Å². The molecule has 3 aromatic carbocycles. The second kappa shape index (κ2) is 53.4. The Morgan fingerprint density at radius 1 is 0.786 bits per heavy atom. The summed E-state index contributed by atoms with van der Waals surface area (Å²) in [4.78, 5) is 172. The monoisotopic (exact) mass is 2180 g/mol. The van der Waals surface area contributed by atoms with Gasteiger partial charge in [-0.1, -0.05) is 128 Å². The van der Waals surface area contributed by atoms with Gasteiger partial charge in [0.1, 0.15) is 72.1 Å². The lowest BCUT2D eigenvalue weighted by Crippen LogP contribution is -2.64. The number of halogens is 1. The number of urea groups is 1. The molecule has 36 nitrogen and oxygen atoms in total. The number of nitrogens with two attached hydrogens (primary N) is 1. The number of carbonyl (C=O) groups is 12. The zero-order valence-corrected chi connectivity index (χ0v) is 89.4. The molecule has 7 amide bonds. The first kappa shape index (κ1) is 116. The number of carbonyl (C=O) groups excluding carboxylic acids is 12. The first-order chi connectivity index (χ1) is 68.8. The third kappa shape index (κ3) is 31.6. The number of aliphatic hydroxyl groups is 5. The molecule has 5 fully saturated rings. The Morgan fingerprint density at radius 2 is 1.51 bits per heavy atom. The van der Waals surface area contributed by atoms with Gasteiger partial charge in [0.15, 0.2) is 36.0 Å². The molecule has 5 saturated heterocycles. The molecular weight excluding hydrogens is 2040 g/mol. The van der Waals surface area contributed by atoms with Crippen molar-refractivity contribution in [1.29, 1.82) is 0 Å². The van der Waals surface area contributed by atoms with E-state index in [-0.39, 0.29) is 208 Å². The lowest BCUT2D eigenvalue weighted by Gasteiger charge is -2.46. The molecule has 5 aliphatic heterocycles. The molecule has 40 heteroatoms. The van der Waals surface area contributed by atoms with Gasteiger partial charge in [0.2, 0.25) is 35.0 Å². The Labute approximate surface area is 871 Å². The number of benzene rings is 3. The number of ether oxygens (including phenoxy) is 10. The predicted molar refractivity (Wildman–Crippen MR) is 551 cm³/mol. The summed E-state index contributed by atoms with van der Waals surface area (Å²) in [5, 5.41) is 69.9. The van der Waals surface area contributed by atoms with Crippen molar-refractivity contribution in [3.05, 3.63) is 121 Å². The van der Waals surface area contributed by atoms with Gasteiger partial charge in [-0.3, -0.25) is 52.9 Å². The maximum Gasteiger partial charge on any atom is 0.407 e. The molecular formula is C105H139IN8O28S3. The van der Waals surface area contributed by atoms with Crippen LogP contribution in [-0.2, 0) is 98.9 Å². The van der Waals surface area contributed by atoms with Crippen LogP contribution in [0.4, 0.5) is 15.3 Å². The number of nitrogens with zero attached hydrogens (tertiary/aromatic N) is 1. The second-order valence-corrected chi connectivity index (χ2v) is 45.3. The fraction of sp³-hybridized carbons (Fsp3) is 0.600. The number of para-hydroxylation sites is 1. The number of fused-ring (bicyclic) bond motifs is 3. The minimum atomic E-state index is -2.15. The van der Waals surface area contributed by atoms with E-state index in [1.54, 1.807) is 71.2 Å². The minimum absolute atomic E-state index is 0.00821. The fourth-order valence-electron chi connectivity index (χ4n) is 18.9. The molecule has 2 bridgehead atoms. The van der Waals surface area contributed by atoms with Crippen LogP contribution < -0.4 is 42.0 Å². The number of unbranched alkanes of at least 4 members (excludes halogenated alkanes) is 2. The van der Waals surface area contributed by atoms with E-state index >= 15 is 0 Å². The van der Waals surface area contributed by atoms with Gasteiger partial charge < -0.3 is 110 Å². The van der Waals surface area contributed by atoms with Gasteiger partial charge in [-0.05, 0) is 188 Å². The Hall–Kier alpha value is -9.00. The van der Waals surface area contributed by atoms with E-state index in [9.17, 15) is 83.1 Å². The molecule has 1 aromatic heterocycles. The highest BCUT2D eigenvalue weighted by Crippen LogP contribution is 2.48. The summed E-state index contributed by atoms with van der Waals surface area (Å²) in [5.41, 5.74) is 9.65.